The Kier molecular flexibility index (Phi) is 4.35. The molecule has 0 aromatic heterocycles. The molecule has 0 heterocycles. The number of hydrogen-bond donors (Lipinski definition) is 2. The van der Waals surface area contributed by atoms with Crippen LogP contribution in [0.15, 0.2) is 0 Å². The second kappa shape index (κ2) is 5.66. The molecule has 1 atom stereocenters. The average Bonchev–Trinajstić information content (AvgIpc) is 3.13. The second-order valence-electron chi connectivity index (χ2n) is 5.50. The van der Waals surface area contributed by atoms with Gasteiger partial charge < -0.3 is 11.1 Å². The summed E-state index contributed by atoms with van der Waals surface area (Å²) in [4.78, 5) is 12.7. The van der Waals surface area contributed by atoms with E-state index in [0.717, 1.165) is 25.7 Å². The van der Waals surface area contributed by atoms with Crippen molar-refractivity contribution in [1.82, 2.24) is 10.2 Å². The van der Waals surface area contributed by atoms with E-state index in [2.05, 4.69) is 5.32 Å². The Labute approximate surface area is 110 Å². The molecule has 2 rings (SSSR count). The number of carbonyl (C=O) groups excluding carboxylic acids is 1. The van der Waals surface area contributed by atoms with Gasteiger partial charge in [0.2, 0.25) is 5.91 Å². The number of nitrogens with zero attached hydrogens (tertiary/aromatic N) is 1. The lowest BCUT2D eigenvalue weighted by Gasteiger charge is -2.25. The van der Waals surface area contributed by atoms with Crippen molar-refractivity contribution in [2.45, 2.75) is 56.4 Å². The Bertz CT molecular complexity index is 327. The molecule has 1 unspecified atom stereocenters. The van der Waals surface area contributed by atoms with Gasteiger partial charge in [0.25, 0.3) is 0 Å². The van der Waals surface area contributed by atoms with Gasteiger partial charge in [-0.2, -0.15) is 13.2 Å². The summed E-state index contributed by atoms with van der Waals surface area (Å²) in [5.74, 6) is -0.477. The third-order valence-electron chi connectivity index (χ3n) is 3.51. The predicted molar refractivity (Wildman–Crippen MR) is 64.4 cm³/mol. The maximum atomic E-state index is 12.4. The molecule has 19 heavy (non-hydrogen) atoms. The Morgan fingerprint density at radius 3 is 2.37 bits per heavy atom. The molecule has 0 saturated heterocycles. The summed E-state index contributed by atoms with van der Waals surface area (Å²) in [6, 6.07) is -0.174. The standard InChI is InChI=1S/C12H20F3N3O/c13-12(14,15)7-18(9-3-4-9)6-5-10(11(16)19)17-8-1-2-8/h8-10,17H,1-7H2,(H2,16,19). The van der Waals surface area contributed by atoms with E-state index in [9.17, 15) is 18.0 Å². The normalized spacial score (nSPS) is 21.7. The fourth-order valence-electron chi connectivity index (χ4n) is 2.20. The first-order chi connectivity index (χ1) is 8.85. The van der Waals surface area contributed by atoms with Crippen LogP contribution in [0, 0.1) is 0 Å². The lowest BCUT2D eigenvalue weighted by atomic mass is 10.1. The number of nitrogens with one attached hydrogen (secondary N) is 1. The zero-order valence-electron chi connectivity index (χ0n) is 10.7. The van der Waals surface area contributed by atoms with Crippen molar-refractivity contribution in [1.29, 1.82) is 0 Å². The van der Waals surface area contributed by atoms with Gasteiger partial charge in [-0.25, -0.2) is 0 Å². The zero-order valence-corrected chi connectivity index (χ0v) is 10.7. The van der Waals surface area contributed by atoms with Crippen LogP contribution in [0.25, 0.3) is 0 Å². The lowest BCUT2D eigenvalue weighted by molar-refractivity contribution is -0.147. The van der Waals surface area contributed by atoms with Crippen molar-refractivity contribution in [3.63, 3.8) is 0 Å². The zero-order chi connectivity index (χ0) is 14.0. The van der Waals surface area contributed by atoms with Gasteiger partial charge in [0.05, 0.1) is 12.6 Å². The maximum absolute atomic E-state index is 12.4. The van der Waals surface area contributed by atoms with Crippen molar-refractivity contribution in [3.05, 3.63) is 0 Å². The first-order valence-corrected chi connectivity index (χ1v) is 6.71. The van der Waals surface area contributed by atoms with Crippen molar-refractivity contribution in [2.24, 2.45) is 5.73 Å². The molecule has 0 aromatic rings. The van der Waals surface area contributed by atoms with Crippen LogP contribution in [-0.4, -0.2) is 48.2 Å². The first kappa shape index (κ1) is 14.6. The minimum Gasteiger partial charge on any atom is -0.368 e. The van der Waals surface area contributed by atoms with Crippen molar-refractivity contribution < 1.29 is 18.0 Å². The van der Waals surface area contributed by atoms with Crippen LogP contribution in [0.3, 0.4) is 0 Å². The molecular weight excluding hydrogens is 259 g/mol. The van der Waals surface area contributed by atoms with Crippen LogP contribution in [0.1, 0.15) is 32.1 Å². The highest BCUT2D eigenvalue weighted by Gasteiger charge is 2.38. The van der Waals surface area contributed by atoms with E-state index in [1.807, 2.05) is 0 Å². The number of carbonyl (C=O) groups is 1. The molecule has 4 nitrogen and oxygen atoms in total. The summed E-state index contributed by atoms with van der Waals surface area (Å²) in [5.41, 5.74) is 5.28. The summed E-state index contributed by atoms with van der Waals surface area (Å²) in [7, 11) is 0. The summed E-state index contributed by atoms with van der Waals surface area (Å²) < 4.78 is 37.3. The Hall–Kier alpha value is -0.820. The minimum atomic E-state index is -4.19. The third-order valence-corrected chi connectivity index (χ3v) is 3.51. The molecule has 0 bridgehead atoms. The van der Waals surface area contributed by atoms with E-state index in [4.69, 9.17) is 5.73 Å². The highest BCUT2D eigenvalue weighted by Crippen LogP contribution is 2.30. The van der Waals surface area contributed by atoms with Crippen LogP contribution in [0.5, 0.6) is 0 Å². The van der Waals surface area contributed by atoms with Gasteiger partial charge in [0.1, 0.15) is 0 Å². The number of halogens is 3. The number of nitrogens with two attached hydrogens (primary N) is 1. The van der Waals surface area contributed by atoms with Crippen LogP contribution in [-0.2, 0) is 4.79 Å². The molecule has 2 aliphatic carbocycles. The monoisotopic (exact) mass is 279 g/mol. The van der Waals surface area contributed by atoms with Gasteiger partial charge >= 0.3 is 6.18 Å². The summed E-state index contributed by atoms with van der Waals surface area (Å²) in [6.07, 6.45) is -0.189. The molecule has 0 aliphatic heterocycles. The van der Waals surface area contributed by atoms with E-state index >= 15 is 0 Å². The Balaban J connectivity index is 1.80. The SMILES string of the molecule is NC(=O)C(CCN(CC(F)(F)F)C1CC1)NC1CC1. The molecule has 1 amide bonds. The Morgan fingerprint density at radius 2 is 1.95 bits per heavy atom. The van der Waals surface area contributed by atoms with Gasteiger partial charge in [-0.3, -0.25) is 9.69 Å². The van der Waals surface area contributed by atoms with Crippen LogP contribution in [0.4, 0.5) is 13.2 Å². The third kappa shape index (κ3) is 5.36. The van der Waals surface area contributed by atoms with Crippen molar-refractivity contribution in [3.8, 4) is 0 Å². The van der Waals surface area contributed by atoms with Gasteiger partial charge in [0, 0.05) is 18.6 Å². The molecule has 3 N–H and O–H groups in total. The summed E-state index contributed by atoms with van der Waals surface area (Å²) in [6.45, 7) is -0.635. The van der Waals surface area contributed by atoms with Gasteiger partial charge in [-0.1, -0.05) is 0 Å². The van der Waals surface area contributed by atoms with Gasteiger partial charge in [-0.15, -0.1) is 0 Å². The number of alkyl halides is 3. The molecule has 2 aliphatic rings. The van der Waals surface area contributed by atoms with Crippen molar-refractivity contribution in [2.75, 3.05) is 13.1 Å². The van der Waals surface area contributed by atoms with Crippen LogP contribution < -0.4 is 11.1 Å². The molecule has 2 fully saturated rings. The van der Waals surface area contributed by atoms with Crippen molar-refractivity contribution >= 4 is 5.91 Å². The van der Waals surface area contributed by atoms with E-state index in [1.54, 1.807) is 0 Å². The quantitative estimate of drug-likeness (QED) is 0.697. The molecule has 110 valence electrons. The first-order valence-electron chi connectivity index (χ1n) is 6.71. The Morgan fingerprint density at radius 1 is 1.32 bits per heavy atom. The van der Waals surface area contributed by atoms with E-state index in [1.165, 1.54) is 4.90 Å². The maximum Gasteiger partial charge on any atom is 0.401 e. The predicted octanol–water partition coefficient (Wildman–Crippen LogP) is 1.01. The van der Waals surface area contributed by atoms with E-state index < -0.39 is 24.7 Å². The topological polar surface area (TPSA) is 58.4 Å². The second-order valence-corrected chi connectivity index (χ2v) is 5.50. The highest BCUT2D eigenvalue weighted by molar-refractivity contribution is 5.79. The van der Waals surface area contributed by atoms with Gasteiger partial charge in [-0.05, 0) is 32.1 Å². The summed E-state index contributed by atoms with van der Waals surface area (Å²) in [5, 5.41) is 3.09. The smallest absolute Gasteiger partial charge is 0.368 e. The lowest BCUT2D eigenvalue weighted by Crippen LogP contribution is -2.46. The van der Waals surface area contributed by atoms with Crippen LogP contribution in [0.2, 0.25) is 0 Å². The minimum absolute atomic E-state index is 0.0241. The van der Waals surface area contributed by atoms with Gasteiger partial charge in [0.15, 0.2) is 0 Å². The fourth-order valence-corrected chi connectivity index (χ4v) is 2.20. The molecule has 0 aromatic carbocycles. The van der Waals surface area contributed by atoms with E-state index in [-0.39, 0.29) is 12.6 Å². The number of rotatable bonds is 8. The number of primary amides is 1. The fraction of sp³-hybridized carbons (Fsp3) is 0.917. The molecule has 2 saturated carbocycles. The highest BCUT2D eigenvalue weighted by atomic mass is 19.4. The largest absolute Gasteiger partial charge is 0.401 e. The molecule has 0 radical (unpaired) electrons. The number of hydrogen-bond acceptors (Lipinski definition) is 3. The van der Waals surface area contributed by atoms with Crippen LogP contribution >= 0.6 is 0 Å². The molecular formula is C12H20F3N3O. The molecule has 7 heteroatoms. The average molecular weight is 279 g/mol. The summed E-state index contributed by atoms with van der Waals surface area (Å²) >= 11 is 0. The molecule has 0 spiro atoms. The van der Waals surface area contributed by atoms with E-state index in [0.29, 0.717) is 12.5 Å². The number of amides is 1.